The predicted molar refractivity (Wildman–Crippen MR) is 349 cm³/mol. The van der Waals surface area contributed by atoms with Crippen molar-refractivity contribution < 1.29 is 0 Å². The Kier molecular flexibility index (Phi) is 10.7. The molecule has 16 rings (SSSR count). The topological polar surface area (TPSA) is 0 Å². The molecule has 14 aromatic rings. The average Bonchev–Trinajstić information content (AvgIpc) is 2.33. The first kappa shape index (κ1) is 48.1. The van der Waals surface area contributed by atoms with Gasteiger partial charge in [-0.05, 0) is 190 Å². The van der Waals surface area contributed by atoms with Gasteiger partial charge in [-0.1, -0.05) is 282 Å². The van der Waals surface area contributed by atoms with Gasteiger partial charge in [0, 0.05) is 10.8 Å². The average molecular weight is 1040 g/mol. The molecular weight excluding hydrogens is 985 g/mol. The van der Waals surface area contributed by atoms with Crippen LogP contribution < -0.4 is 0 Å². The van der Waals surface area contributed by atoms with Gasteiger partial charge in [-0.15, -0.1) is 0 Å². The number of hydrogen-bond acceptors (Lipinski definition) is 0. The molecule has 0 radical (unpaired) electrons. The predicted octanol–water partition coefficient (Wildman–Crippen LogP) is 22.5. The third-order valence-corrected chi connectivity index (χ3v) is 18.7. The van der Waals surface area contributed by atoms with E-state index in [1.54, 1.807) is 0 Å². The highest BCUT2D eigenvalue weighted by atomic mass is 14.4. The van der Waals surface area contributed by atoms with Crippen LogP contribution in [0.5, 0.6) is 0 Å². The molecule has 0 heteroatoms. The van der Waals surface area contributed by atoms with Crippen LogP contribution >= 0.6 is 0 Å². The highest BCUT2D eigenvalue weighted by Crippen LogP contribution is 2.54. The molecule has 0 atom stereocenters. The van der Waals surface area contributed by atoms with Gasteiger partial charge >= 0.3 is 0 Å². The Morgan fingerprint density at radius 1 is 0.171 bits per heavy atom. The zero-order valence-corrected chi connectivity index (χ0v) is 46.6. The van der Waals surface area contributed by atoms with Crippen molar-refractivity contribution in [3.63, 3.8) is 0 Å². The fourth-order valence-electron chi connectivity index (χ4n) is 14.4. The molecule has 0 N–H and O–H groups in total. The number of fused-ring (bicyclic) bond motifs is 6. The van der Waals surface area contributed by atoms with Crippen LogP contribution in [0.25, 0.3) is 144 Å². The van der Waals surface area contributed by atoms with Crippen molar-refractivity contribution in [2.24, 2.45) is 0 Å². The second-order valence-electron chi connectivity index (χ2n) is 23.9. The Hall–Kier alpha value is -9.88. The zero-order chi connectivity index (χ0) is 54.8. The van der Waals surface area contributed by atoms with E-state index in [1.807, 2.05) is 0 Å². The molecule has 14 aromatic carbocycles. The van der Waals surface area contributed by atoms with Crippen LogP contribution in [-0.2, 0) is 10.8 Å². The Balaban J connectivity index is 0.918. The summed E-state index contributed by atoms with van der Waals surface area (Å²) in [6.07, 6.45) is 0. The van der Waals surface area contributed by atoms with E-state index in [4.69, 9.17) is 0 Å². The van der Waals surface area contributed by atoms with Gasteiger partial charge < -0.3 is 0 Å². The Bertz CT molecular complexity index is 4510. The molecule has 0 nitrogen and oxygen atoms in total. The number of rotatable bonds is 8. The minimum Gasteiger partial charge on any atom is -0.0622 e. The van der Waals surface area contributed by atoms with Crippen LogP contribution in [0.3, 0.4) is 0 Å². The first-order valence-corrected chi connectivity index (χ1v) is 29.0. The maximum absolute atomic E-state index is 2.49. The van der Waals surface area contributed by atoms with Crippen molar-refractivity contribution in [2.45, 2.75) is 38.5 Å². The molecule has 0 saturated heterocycles. The van der Waals surface area contributed by atoms with Crippen molar-refractivity contribution in [2.75, 3.05) is 0 Å². The molecule has 0 aromatic heterocycles. The maximum atomic E-state index is 2.49. The normalized spacial score (nSPS) is 13.6. The molecule has 82 heavy (non-hydrogen) atoms. The van der Waals surface area contributed by atoms with Crippen LogP contribution in [0.1, 0.15) is 49.9 Å². The SMILES string of the molecule is CC1(C)c2ccccc2-c2cc(-c3cc(-c4ccc(-c5ccc(-c6ccccc6)cc5)cc4)c4ccc5c(-c6ccc7c(c6)-c6ccccc6C7(C)C)cc(-c6ccc(-c7ccc(-c8ccccc8)cc7)cc6)c6ccc3c4c65)ccc21. The van der Waals surface area contributed by atoms with Gasteiger partial charge in [0.2, 0.25) is 0 Å². The third kappa shape index (κ3) is 7.45. The quantitative estimate of drug-likeness (QED) is 0.133. The lowest BCUT2D eigenvalue weighted by Crippen LogP contribution is -2.14. The number of benzene rings is 14. The van der Waals surface area contributed by atoms with Crippen LogP contribution in [-0.4, -0.2) is 0 Å². The van der Waals surface area contributed by atoms with Gasteiger partial charge in [0.05, 0.1) is 0 Å². The van der Waals surface area contributed by atoms with E-state index in [0.29, 0.717) is 0 Å². The molecule has 0 saturated carbocycles. The van der Waals surface area contributed by atoms with Gasteiger partial charge in [0.25, 0.3) is 0 Å². The first-order chi connectivity index (χ1) is 40.2. The van der Waals surface area contributed by atoms with Gasteiger partial charge in [-0.25, -0.2) is 0 Å². The monoisotopic (exact) mass is 1040 g/mol. The molecule has 386 valence electrons. The highest BCUT2D eigenvalue weighted by Gasteiger charge is 2.37. The minimum atomic E-state index is -0.0880. The lowest BCUT2D eigenvalue weighted by atomic mass is 9.80. The molecule has 0 bridgehead atoms. The highest BCUT2D eigenvalue weighted by molar-refractivity contribution is 6.32. The summed E-state index contributed by atoms with van der Waals surface area (Å²) in [5.74, 6) is 0. The summed E-state index contributed by atoms with van der Waals surface area (Å²) in [5.41, 5.74) is 30.2. The van der Waals surface area contributed by atoms with Crippen LogP contribution in [0.2, 0.25) is 0 Å². The van der Waals surface area contributed by atoms with Crippen LogP contribution in [0, 0.1) is 0 Å². The molecule has 0 amide bonds. The van der Waals surface area contributed by atoms with Gasteiger partial charge in [-0.3, -0.25) is 0 Å². The minimum absolute atomic E-state index is 0.0880. The molecule has 2 aliphatic rings. The fourth-order valence-corrected chi connectivity index (χ4v) is 14.4. The van der Waals surface area contributed by atoms with E-state index in [0.717, 1.165) is 0 Å². The molecule has 0 unspecified atom stereocenters. The van der Waals surface area contributed by atoms with Crippen molar-refractivity contribution in [1.82, 2.24) is 0 Å². The van der Waals surface area contributed by atoms with Crippen molar-refractivity contribution in [3.8, 4) is 111 Å². The summed E-state index contributed by atoms with van der Waals surface area (Å²) in [5, 5.41) is 7.64. The molecule has 2 aliphatic carbocycles. The Morgan fingerprint density at radius 2 is 0.415 bits per heavy atom. The van der Waals surface area contributed by atoms with Gasteiger partial charge in [0.15, 0.2) is 0 Å². The standard InChI is InChI=1S/C82H58/c1-81(2)75-21-13-11-19-63(75)73-47-61(39-45-77(73)81)71-49-69(59-35-31-57(32-36-59)55-27-23-53(24-28-55)51-15-7-5-8-16-51)65-42-44-68-72(62-40-46-78-74(48-62)64-20-12-14-22-76(64)82(78,3)4)50-70(66-41-43-67(71)79(65)80(66)68)60-37-33-58(34-38-60)56-29-25-54(26-30-56)52-17-9-6-10-18-52/h5-50H,1-4H3. The molecule has 0 aliphatic heterocycles. The van der Waals surface area contributed by atoms with Crippen molar-refractivity contribution in [1.29, 1.82) is 0 Å². The molecular formula is C82H58. The Labute approximate surface area is 480 Å². The summed E-state index contributed by atoms with van der Waals surface area (Å²) < 4.78 is 0. The van der Waals surface area contributed by atoms with E-state index in [2.05, 4.69) is 307 Å². The summed E-state index contributed by atoms with van der Waals surface area (Å²) in [7, 11) is 0. The van der Waals surface area contributed by atoms with Gasteiger partial charge in [0.1, 0.15) is 0 Å². The largest absolute Gasteiger partial charge is 0.0622 e. The lowest BCUT2D eigenvalue weighted by molar-refractivity contribution is 0.660. The van der Waals surface area contributed by atoms with Crippen molar-refractivity contribution >= 4 is 32.3 Å². The summed E-state index contributed by atoms with van der Waals surface area (Å²) in [4.78, 5) is 0. The smallest absolute Gasteiger partial charge is 0.0158 e. The first-order valence-electron chi connectivity index (χ1n) is 29.0. The van der Waals surface area contributed by atoms with Crippen LogP contribution in [0.15, 0.2) is 279 Å². The molecule has 0 spiro atoms. The lowest BCUT2D eigenvalue weighted by Gasteiger charge is -2.23. The van der Waals surface area contributed by atoms with E-state index >= 15 is 0 Å². The van der Waals surface area contributed by atoms with Gasteiger partial charge in [-0.2, -0.15) is 0 Å². The van der Waals surface area contributed by atoms with Crippen molar-refractivity contribution in [3.05, 3.63) is 301 Å². The number of hydrogen-bond donors (Lipinski definition) is 0. The Morgan fingerprint density at radius 3 is 0.744 bits per heavy atom. The third-order valence-electron chi connectivity index (χ3n) is 18.7. The summed E-state index contributed by atoms with van der Waals surface area (Å²) >= 11 is 0. The van der Waals surface area contributed by atoms with E-state index in [1.165, 1.54) is 166 Å². The fraction of sp³-hybridized carbons (Fsp3) is 0.0732. The summed E-state index contributed by atoms with van der Waals surface area (Å²) in [6.45, 7) is 9.50. The second kappa shape index (κ2) is 18.3. The summed E-state index contributed by atoms with van der Waals surface area (Å²) in [6, 6.07) is 105. The van der Waals surface area contributed by atoms with E-state index in [-0.39, 0.29) is 10.8 Å². The van der Waals surface area contributed by atoms with E-state index < -0.39 is 0 Å². The molecule has 0 heterocycles. The second-order valence-corrected chi connectivity index (χ2v) is 23.9. The molecule has 0 fully saturated rings. The maximum Gasteiger partial charge on any atom is 0.0158 e. The van der Waals surface area contributed by atoms with E-state index in [9.17, 15) is 0 Å². The van der Waals surface area contributed by atoms with Crippen LogP contribution in [0.4, 0.5) is 0 Å². The zero-order valence-electron chi connectivity index (χ0n) is 46.6.